The number of carbonyl (C=O) groups is 2. The summed E-state index contributed by atoms with van der Waals surface area (Å²) in [6.45, 7) is 7.59. The molecular weight excluding hydrogens is 765 g/mol. The van der Waals surface area contributed by atoms with Crippen LogP contribution in [0.3, 0.4) is 0 Å². The molecule has 62 heavy (non-hydrogen) atoms. The van der Waals surface area contributed by atoms with Gasteiger partial charge < -0.3 is 14.2 Å². The summed E-state index contributed by atoms with van der Waals surface area (Å²) in [5, 5.41) is 0. The van der Waals surface area contributed by atoms with Gasteiger partial charge in [-0.05, 0) is 64.2 Å². The van der Waals surface area contributed by atoms with Crippen molar-refractivity contribution in [3.05, 3.63) is 72.9 Å². The van der Waals surface area contributed by atoms with E-state index in [0.717, 1.165) is 57.8 Å². The number of ether oxygens (including phenoxy) is 3. The van der Waals surface area contributed by atoms with Gasteiger partial charge in [0.15, 0.2) is 6.10 Å². The summed E-state index contributed by atoms with van der Waals surface area (Å²) in [4.78, 5) is 25.3. The fourth-order valence-corrected chi connectivity index (χ4v) is 7.33. The van der Waals surface area contributed by atoms with Crippen LogP contribution >= 0.6 is 0 Å². The SMILES string of the molecule is CC/C=C\C/C=C\C/C=C\C/C=C\C/C=C\CC(=O)OC(COCCCCCCCC/C=C\CCCC)COC(=O)CCCCCCCCCCCCCCCCCCCCC. The molecule has 0 aliphatic rings. The molecule has 0 fully saturated rings. The normalized spacial score (nSPS) is 12.8. The highest BCUT2D eigenvalue weighted by molar-refractivity contribution is 5.71. The number of esters is 2. The lowest BCUT2D eigenvalue weighted by atomic mass is 10.0. The Labute approximate surface area is 385 Å². The molecule has 0 radical (unpaired) electrons. The molecule has 0 rings (SSSR count). The highest BCUT2D eigenvalue weighted by atomic mass is 16.6. The first kappa shape index (κ1) is 59.3. The molecule has 358 valence electrons. The Morgan fingerprint density at radius 3 is 1.27 bits per heavy atom. The third-order valence-electron chi connectivity index (χ3n) is 11.3. The summed E-state index contributed by atoms with van der Waals surface area (Å²) >= 11 is 0. The van der Waals surface area contributed by atoms with Gasteiger partial charge in [-0.25, -0.2) is 0 Å². The standard InChI is InChI=1S/C57H100O5/c1-4-7-10-13-16-19-22-25-27-28-29-30-32-33-35-38-41-44-47-50-56(58)61-54-55(53-60-52-49-46-43-40-37-24-21-18-15-12-9-6-3)62-57(59)51-48-45-42-39-36-34-31-26-23-20-17-14-11-8-5-2/h8,11,15,17-18,20,26,31,36,39,45,48,55H,4-7,9-10,12-14,16,19,21-25,27-30,32-35,37-38,40-44,46-47,49-54H2,1-3H3/b11-8-,18-15-,20-17-,31-26-,39-36-,48-45-. The number of hydrogen-bond acceptors (Lipinski definition) is 5. The zero-order valence-electron chi connectivity index (χ0n) is 41.1. The minimum atomic E-state index is -0.593. The van der Waals surface area contributed by atoms with Crippen LogP contribution < -0.4 is 0 Å². The average molecular weight is 865 g/mol. The zero-order chi connectivity index (χ0) is 44.9. The molecule has 0 heterocycles. The number of hydrogen-bond donors (Lipinski definition) is 0. The van der Waals surface area contributed by atoms with Crippen molar-refractivity contribution in [2.45, 2.75) is 258 Å². The number of unbranched alkanes of at least 4 members (excludes halogenated alkanes) is 26. The van der Waals surface area contributed by atoms with Crippen LogP contribution in [0.25, 0.3) is 0 Å². The first-order valence-electron chi connectivity index (χ1n) is 26.5. The monoisotopic (exact) mass is 865 g/mol. The van der Waals surface area contributed by atoms with Crippen LogP contribution in [-0.2, 0) is 23.8 Å². The number of rotatable bonds is 48. The van der Waals surface area contributed by atoms with Gasteiger partial charge in [0.05, 0.1) is 13.0 Å². The summed E-state index contributed by atoms with van der Waals surface area (Å²) < 4.78 is 17.3. The topological polar surface area (TPSA) is 61.8 Å². The van der Waals surface area contributed by atoms with E-state index in [2.05, 4.69) is 81.5 Å². The summed E-state index contributed by atoms with van der Waals surface area (Å²) in [7, 11) is 0. The minimum Gasteiger partial charge on any atom is -0.462 e. The molecule has 0 spiro atoms. The molecule has 0 saturated heterocycles. The second-order valence-electron chi connectivity index (χ2n) is 17.4. The predicted molar refractivity (Wildman–Crippen MR) is 270 cm³/mol. The van der Waals surface area contributed by atoms with Gasteiger partial charge >= 0.3 is 11.9 Å². The molecule has 1 atom stereocenters. The first-order valence-corrected chi connectivity index (χ1v) is 26.5. The van der Waals surface area contributed by atoms with Gasteiger partial charge in [-0.15, -0.1) is 0 Å². The van der Waals surface area contributed by atoms with Crippen LogP contribution in [0, 0.1) is 0 Å². The maximum atomic E-state index is 12.7. The molecule has 0 aromatic carbocycles. The molecule has 0 aliphatic carbocycles. The largest absolute Gasteiger partial charge is 0.462 e. The fourth-order valence-electron chi connectivity index (χ4n) is 7.33. The van der Waals surface area contributed by atoms with Gasteiger partial charge in [-0.2, -0.15) is 0 Å². The van der Waals surface area contributed by atoms with E-state index < -0.39 is 6.10 Å². The van der Waals surface area contributed by atoms with Crippen molar-refractivity contribution < 1.29 is 23.8 Å². The molecule has 1 unspecified atom stereocenters. The van der Waals surface area contributed by atoms with Gasteiger partial charge in [0.2, 0.25) is 0 Å². The lowest BCUT2D eigenvalue weighted by Crippen LogP contribution is -2.29. The van der Waals surface area contributed by atoms with E-state index in [1.165, 1.54) is 161 Å². The smallest absolute Gasteiger partial charge is 0.310 e. The van der Waals surface area contributed by atoms with Crippen molar-refractivity contribution in [3.63, 3.8) is 0 Å². The van der Waals surface area contributed by atoms with Crippen LogP contribution in [0.2, 0.25) is 0 Å². The van der Waals surface area contributed by atoms with Crippen LogP contribution in [0.15, 0.2) is 72.9 Å². The third kappa shape index (κ3) is 50.0. The van der Waals surface area contributed by atoms with Gasteiger partial charge in [0.25, 0.3) is 0 Å². The number of carbonyl (C=O) groups excluding carboxylic acids is 2. The van der Waals surface area contributed by atoms with Crippen molar-refractivity contribution in [1.29, 1.82) is 0 Å². The second kappa shape index (κ2) is 52.7. The Morgan fingerprint density at radius 2 is 0.790 bits per heavy atom. The van der Waals surface area contributed by atoms with Gasteiger partial charge in [0, 0.05) is 13.0 Å². The Morgan fingerprint density at radius 1 is 0.387 bits per heavy atom. The lowest BCUT2D eigenvalue weighted by molar-refractivity contribution is -0.162. The van der Waals surface area contributed by atoms with E-state index in [1.807, 2.05) is 12.2 Å². The Kier molecular flexibility index (Phi) is 50.4. The Hall–Kier alpha value is -2.66. The molecule has 0 amide bonds. The first-order chi connectivity index (χ1) is 30.6. The van der Waals surface area contributed by atoms with E-state index >= 15 is 0 Å². The van der Waals surface area contributed by atoms with Crippen molar-refractivity contribution in [3.8, 4) is 0 Å². The van der Waals surface area contributed by atoms with E-state index in [4.69, 9.17) is 14.2 Å². The van der Waals surface area contributed by atoms with Crippen molar-refractivity contribution in [2.24, 2.45) is 0 Å². The summed E-state index contributed by atoms with van der Waals surface area (Å²) in [6.07, 6.45) is 68.0. The quantitative estimate of drug-likeness (QED) is 0.0346. The van der Waals surface area contributed by atoms with E-state index in [1.54, 1.807) is 0 Å². The lowest BCUT2D eigenvalue weighted by Gasteiger charge is -2.18. The third-order valence-corrected chi connectivity index (χ3v) is 11.3. The molecule has 0 aliphatic heterocycles. The average Bonchev–Trinajstić information content (AvgIpc) is 3.27. The van der Waals surface area contributed by atoms with Crippen LogP contribution in [0.1, 0.15) is 252 Å². The Bertz CT molecular complexity index is 1110. The fraction of sp³-hybridized carbons (Fsp3) is 0.754. The molecular formula is C57H100O5. The molecule has 0 bridgehead atoms. The summed E-state index contributed by atoms with van der Waals surface area (Å²) in [5.74, 6) is -0.539. The maximum absolute atomic E-state index is 12.7. The molecule has 5 heteroatoms. The molecule has 0 N–H and O–H groups in total. The van der Waals surface area contributed by atoms with Crippen LogP contribution in [0.5, 0.6) is 0 Å². The second-order valence-corrected chi connectivity index (χ2v) is 17.4. The van der Waals surface area contributed by atoms with Gasteiger partial charge in [-0.3, -0.25) is 9.59 Å². The Balaban J connectivity index is 4.31. The maximum Gasteiger partial charge on any atom is 0.310 e. The van der Waals surface area contributed by atoms with Crippen molar-refractivity contribution in [1.82, 2.24) is 0 Å². The highest BCUT2D eigenvalue weighted by Crippen LogP contribution is 2.15. The number of allylic oxidation sites excluding steroid dienone is 11. The van der Waals surface area contributed by atoms with E-state index in [9.17, 15) is 9.59 Å². The molecule has 5 nitrogen and oxygen atoms in total. The minimum absolute atomic E-state index is 0.0439. The van der Waals surface area contributed by atoms with E-state index in [0.29, 0.717) is 13.0 Å². The highest BCUT2D eigenvalue weighted by Gasteiger charge is 2.17. The van der Waals surface area contributed by atoms with Crippen LogP contribution in [-0.4, -0.2) is 37.9 Å². The summed E-state index contributed by atoms with van der Waals surface area (Å²) in [6, 6.07) is 0. The zero-order valence-corrected chi connectivity index (χ0v) is 41.1. The van der Waals surface area contributed by atoms with Gasteiger partial charge in [-0.1, -0.05) is 248 Å². The van der Waals surface area contributed by atoms with Gasteiger partial charge in [0.1, 0.15) is 6.61 Å². The van der Waals surface area contributed by atoms with Crippen LogP contribution in [0.4, 0.5) is 0 Å². The van der Waals surface area contributed by atoms with Crippen molar-refractivity contribution in [2.75, 3.05) is 19.8 Å². The van der Waals surface area contributed by atoms with E-state index in [-0.39, 0.29) is 31.6 Å². The molecule has 0 saturated carbocycles. The predicted octanol–water partition coefficient (Wildman–Crippen LogP) is 17.9. The molecule has 0 aromatic heterocycles. The molecule has 0 aromatic rings. The summed E-state index contributed by atoms with van der Waals surface area (Å²) in [5.41, 5.74) is 0. The van der Waals surface area contributed by atoms with Crippen molar-refractivity contribution >= 4 is 11.9 Å².